The highest BCUT2D eigenvalue weighted by atomic mass is 16.5. The standard InChI is InChI=1S/C16H29N3O/c1-5-10-17-12(4)16-18-15(19-20-16)14-8-6-13(7-9-14)11(2)3/h11-14,17H,5-10H2,1-4H3. The van der Waals surface area contributed by atoms with Crippen molar-refractivity contribution < 1.29 is 4.52 Å². The van der Waals surface area contributed by atoms with E-state index in [1.54, 1.807) is 0 Å². The van der Waals surface area contributed by atoms with Gasteiger partial charge in [-0.2, -0.15) is 4.98 Å². The first-order valence-electron chi connectivity index (χ1n) is 8.18. The van der Waals surface area contributed by atoms with E-state index in [2.05, 4.69) is 43.2 Å². The molecule has 1 unspecified atom stereocenters. The Balaban J connectivity index is 1.89. The highest BCUT2D eigenvalue weighted by Crippen LogP contribution is 2.37. The smallest absolute Gasteiger partial charge is 0.243 e. The van der Waals surface area contributed by atoms with Gasteiger partial charge in [0.05, 0.1) is 6.04 Å². The van der Waals surface area contributed by atoms with E-state index in [-0.39, 0.29) is 6.04 Å². The van der Waals surface area contributed by atoms with Gasteiger partial charge >= 0.3 is 0 Å². The van der Waals surface area contributed by atoms with E-state index >= 15 is 0 Å². The van der Waals surface area contributed by atoms with Crippen LogP contribution in [0.25, 0.3) is 0 Å². The van der Waals surface area contributed by atoms with Crippen LogP contribution in [0.3, 0.4) is 0 Å². The lowest BCUT2D eigenvalue weighted by Gasteiger charge is -2.29. The average molecular weight is 279 g/mol. The lowest BCUT2D eigenvalue weighted by Crippen LogP contribution is -2.20. The first-order valence-corrected chi connectivity index (χ1v) is 8.18. The van der Waals surface area contributed by atoms with Crippen LogP contribution < -0.4 is 5.32 Å². The second kappa shape index (κ2) is 7.21. The van der Waals surface area contributed by atoms with Gasteiger partial charge in [0, 0.05) is 5.92 Å². The molecule has 20 heavy (non-hydrogen) atoms. The van der Waals surface area contributed by atoms with Crippen molar-refractivity contribution in [3.8, 4) is 0 Å². The summed E-state index contributed by atoms with van der Waals surface area (Å²) in [5.41, 5.74) is 0. The van der Waals surface area contributed by atoms with E-state index < -0.39 is 0 Å². The van der Waals surface area contributed by atoms with Gasteiger partial charge in [0.15, 0.2) is 5.82 Å². The lowest BCUT2D eigenvalue weighted by molar-refractivity contribution is 0.251. The Morgan fingerprint density at radius 2 is 1.90 bits per heavy atom. The van der Waals surface area contributed by atoms with Gasteiger partial charge in [-0.15, -0.1) is 0 Å². The van der Waals surface area contributed by atoms with Crippen molar-refractivity contribution in [2.45, 2.75) is 71.8 Å². The van der Waals surface area contributed by atoms with Gasteiger partial charge in [-0.25, -0.2) is 0 Å². The number of nitrogens with one attached hydrogen (secondary N) is 1. The minimum atomic E-state index is 0.156. The highest BCUT2D eigenvalue weighted by molar-refractivity contribution is 4.99. The molecule has 4 nitrogen and oxygen atoms in total. The second-order valence-corrected chi connectivity index (χ2v) is 6.52. The molecule has 1 aromatic heterocycles. The van der Waals surface area contributed by atoms with Crippen LogP contribution in [0.1, 0.15) is 83.5 Å². The van der Waals surface area contributed by atoms with E-state index in [1.165, 1.54) is 25.7 Å². The topological polar surface area (TPSA) is 51.0 Å². The Labute approximate surface area is 122 Å². The fraction of sp³-hybridized carbons (Fsp3) is 0.875. The van der Waals surface area contributed by atoms with Crippen molar-refractivity contribution in [3.05, 3.63) is 11.7 Å². The summed E-state index contributed by atoms with van der Waals surface area (Å²) in [4.78, 5) is 4.62. The number of hydrogen-bond acceptors (Lipinski definition) is 4. The first-order chi connectivity index (χ1) is 9.61. The molecule has 1 aliphatic carbocycles. The van der Waals surface area contributed by atoms with Gasteiger partial charge in [-0.1, -0.05) is 25.9 Å². The molecule has 0 saturated heterocycles. The largest absolute Gasteiger partial charge is 0.338 e. The molecule has 1 N–H and O–H groups in total. The molecular formula is C16H29N3O. The van der Waals surface area contributed by atoms with Crippen molar-refractivity contribution in [3.63, 3.8) is 0 Å². The second-order valence-electron chi connectivity index (χ2n) is 6.52. The van der Waals surface area contributed by atoms with Crippen molar-refractivity contribution in [2.24, 2.45) is 11.8 Å². The van der Waals surface area contributed by atoms with Crippen LogP contribution in [-0.2, 0) is 0 Å². The lowest BCUT2D eigenvalue weighted by atomic mass is 9.77. The molecule has 1 heterocycles. The van der Waals surface area contributed by atoms with Crippen molar-refractivity contribution in [1.29, 1.82) is 0 Å². The van der Waals surface area contributed by atoms with E-state index in [0.29, 0.717) is 5.92 Å². The van der Waals surface area contributed by atoms with E-state index in [4.69, 9.17) is 4.52 Å². The molecule has 0 amide bonds. The maximum Gasteiger partial charge on any atom is 0.243 e. The van der Waals surface area contributed by atoms with E-state index in [0.717, 1.165) is 36.5 Å². The summed E-state index contributed by atoms with van der Waals surface area (Å²) in [7, 11) is 0. The SMILES string of the molecule is CCCNC(C)c1nc(C2CCC(C(C)C)CC2)no1. The summed E-state index contributed by atoms with van der Waals surface area (Å²) in [6.45, 7) is 9.89. The van der Waals surface area contributed by atoms with Crippen molar-refractivity contribution in [2.75, 3.05) is 6.54 Å². The minimum Gasteiger partial charge on any atom is -0.338 e. The van der Waals surface area contributed by atoms with Gasteiger partial charge in [-0.3, -0.25) is 0 Å². The van der Waals surface area contributed by atoms with Crippen LogP contribution in [0.4, 0.5) is 0 Å². The molecule has 1 atom stereocenters. The molecule has 0 aromatic carbocycles. The molecular weight excluding hydrogens is 250 g/mol. The molecule has 4 heteroatoms. The van der Waals surface area contributed by atoms with Gasteiger partial charge in [0.25, 0.3) is 0 Å². The number of nitrogens with zero attached hydrogens (tertiary/aromatic N) is 2. The zero-order valence-corrected chi connectivity index (χ0v) is 13.4. The van der Waals surface area contributed by atoms with E-state index in [1.807, 2.05) is 0 Å². The Hall–Kier alpha value is -0.900. The van der Waals surface area contributed by atoms with Gasteiger partial charge in [-0.05, 0) is 57.4 Å². The van der Waals surface area contributed by atoms with Gasteiger partial charge in [0.2, 0.25) is 5.89 Å². The Kier molecular flexibility index (Phi) is 5.58. The molecule has 1 saturated carbocycles. The molecule has 1 aromatic rings. The summed E-state index contributed by atoms with van der Waals surface area (Å²) in [5, 5.41) is 7.60. The van der Waals surface area contributed by atoms with Crippen LogP contribution in [0.5, 0.6) is 0 Å². The number of aromatic nitrogens is 2. The predicted octanol–water partition coefficient (Wildman–Crippen LogP) is 4.06. The van der Waals surface area contributed by atoms with Crippen LogP contribution in [-0.4, -0.2) is 16.7 Å². The third-order valence-corrected chi connectivity index (χ3v) is 4.61. The third-order valence-electron chi connectivity index (χ3n) is 4.61. The molecule has 0 bridgehead atoms. The quantitative estimate of drug-likeness (QED) is 0.853. The Bertz CT molecular complexity index is 394. The number of hydrogen-bond donors (Lipinski definition) is 1. The predicted molar refractivity (Wildman–Crippen MR) is 80.5 cm³/mol. The molecule has 1 aliphatic rings. The van der Waals surface area contributed by atoms with Gasteiger partial charge in [0.1, 0.15) is 0 Å². The Morgan fingerprint density at radius 1 is 1.20 bits per heavy atom. The van der Waals surface area contributed by atoms with Gasteiger partial charge < -0.3 is 9.84 Å². The molecule has 0 aliphatic heterocycles. The fourth-order valence-corrected chi connectivity index (χ4v) is 3.08. The first kappa shape index (κ1) is 15.5. The zero-order chi connectivity index (χ0) is 14.5. The maximum absolute atomic E-state index is 5.43. The molecule has 114 valence electrons. The van der Waals surface area contributed by atoms with Crippen molar-refractivity contribution >= 4 is 0 Å². The molecule has 1 fully saturated rings. The van der Waals surface area contributed by atoms with Crippen LogP contribution in [0.2, 0.25) is 0 Å². The normalized spacial score (nSPS) is 25.1. The number of rotatable bonds is 6. The summed E-state index contributed by atoms with van der Waals surface area (Å²) in [5.74, 6) is 3.84. The molecule has 2 rings (SSSR count). The highest BCUT2D eigenvalue weighted by Gasteiger charge is 2.27. The summed E-state index contributed by atoms with van der Waals surface area (Å²) >= 11 is 0. The zero-order valence-electron chi connectivity index (χ0n) is 13.4. The van der Waals surface area contributed by atoms with Crippen LogP contribution in [0, 0.1) is 11.8 Å². The van der Waals surface area contributed by atoms with Crippen molar-refractivity contribution in [1.82, 2.24) is 15.5 Å². The monoisotopic (exact) mass is 279 g/mol. The summed E-state index contributed by atoms with van der Waals surface area (Å²) < 4.78 is 5.43. The minimum absolute atomic E-state index is 0.156. The average Bonchev–Trinajstić information content (AvgIpc) is 2.94. The summed E-state index contributed by atoms with van der Waals surface area (Å²) in [6.07, 6.45) is 6.13. The van der Waals surface area contributed by atoms with Crippen LogP contribution in [0.15, 0.2) is 4.52 Å². The Morgan fingerprint density at radius 3 is 2.50 bits per heavy atom. The summed E-state index contributed by atoms with van der Waals surface area (Å²) in [6, 6.07) is 0.156. The van der Waals surface area contributed by atoms with E-state index in [9.17, 15) is 0 Å². The third kappa shape index (κ3) is 3.81. The fourth-order valence-electron chi connectivity index (χ4n) is 3.08. The molecule has 0 radical (unpaired) electrons. The van der Waals surface area contributed by atoms with Crippen LogP contribution >= 0.6 is 0 Å². The molecule has 0 spiro atoms. The maximum atomic E-state index is 5.43.